The number of aryl methyl sites for hydroxylation is 1. The van der Waals surface area contributed by atoms with Gasteiger partial charge in [0.05, 0.1) is 16.4 Å². The molecule has 0 aliphatic heterocycles. The van der Waals surface area contributed by atoms with Crippen LogP contribution in [0.1, 0.15) is 11.3 Å². The summed E-state index contributed by atoms with van der Waals surface area (Å²) in [6.07, 6.45) is 2.88. The number of aromatic nitrogens is 2. The van der Waals surface area contributed by atoms with E-state index < -0.39 is 0 Å². The van der Waals surface area contributed by atoms with E-state index >= 15 is 0 Å². The molecule has 0 radical (unpaired) electrons. The first kappa shape index (κ1) is 15.2. The van der Waals surface area contributed by atoms with Crippen molar-refractivity contribution in [2.45, 2.75) is 13.0 Å². The van der Waals surface area contributed by atoms with Gasteiger partial charge in [-0.25, -0.2) is 0 Å². The molecule has 1 heterocycles. The molecule has 0 atom stereocenters. The molecule has 108 valence electrons. The second kappa shape index (κ2) is 7.57. The van der Waals surface area contributed by atoms with Crippen LogP contribution in [0, 0.1) is 0 Å². The van der Waals surface area contributed by atoms with Gasteiger partial charge in [-0.2, -0.15) is 5.10 Å². The lowest BCUT2D eigenvalue weighted by atomic mass is 10.1. The van der Waals surface area contributed by atoms with Crippen molar-refractivity contribution in [3.05, 3.63) is 52.3 Å². The largest absolute Gasteiger partial charge is 0.329 e. The van der Waals surface area contributed by atoms with Crippen LogP contribution in [0.4, 0.5) is 0 Å². The molecule has 0 amide bonds. The van der Waals surface area contributed by atoms with Crippen LogP contribution in [0.3, 0.4) is 0 Å². The highest BCUT2D eigenvalue weighted by molar-refractivity contribution is 9.10. The molecule has 2 N–H and O–H groups in total. The molecule has 2 rings (SSSR count). The van der Waals surface area contributed by atoms with Gasteiger partial charge in [0.1, 0.15) is 0 Å². The van der Waals surface area contributed by atoms with E-state index in [9.17, 15) is 0 Å². The Balaban J connectivity index is 1.97. The fraction of sp³-hybridized carbons (Fsp3) is 0.400. The van der Waals surface area contributed by atoms with Crippen molar-refractivity contribution in [3.63, 3.8) is 0 Å². The fourth-order valence-electron chi connectivity index (χ4n) is 2.21. The van der Waals surface area contributed by atoms with E-state index in [-0.39, 0.29) is 0 Å². The summed E-state index contributed by atoms with van der Waals surface area (Å²) >= 11 is 3.55. The van der Waals surface area contributed by atoms with Gasteiger partial charge in [-0.1, -0.05) is 30.3 Å². The number of benzene rings is 1. The van der Waals surface area contributed by atoms with Gasteiger partial charge in [-0.05, 0) is 27.9 Å². The Morgan fingerprint density at radius 3 is 2.60 bits per heavy atom. The van der Waals surface area contributed by atoms with E-state index in [0.717, 1.165) is 30.5 Å². The maximum atomic E-state index is 5.73. The molecule has 4 nitrogen and oxygen atoms in total. The van der Waals surface area contributed by atoms with Crippen molar-refractivity contribution in [2.24, 2.45) is 12.8 Å². The van der Waals surface area contributed by atoms with Gasteiger partial charge in [-0.15, -0.1) is 0 Å². The number of rotatable bonds is 7. The monoisotopic (exact) mass is 336 g/mol. The number of hydrogen-bond donors (Lipinski definition) is 1. The molecule has 2 aromatic rings. The van der Waals surface area contributed by atoms with E-state index in [1.807, 2.05) is 24.0 Å². The molecule has 1 aromatic carbocycles. The third-order valence-electron chi connectivity index (χ3n) is 3.39. The Hall–Kier alpha value is -1.17. The molecule has 1 aromatic heterocycles. The van der Waals surface area contributed by atoms with Gasteiger partial charge in [0.25, 0.3) is 0 Å². The molecular formula is C15H21BrN4. The second-order valence-electron chi connectivity index (χ2n) is 4.86. The van der Waals surface area contributed by atoms with Crippen molar-refractivity contribution < 1.29 is 0 Å². The van der Waals surface area contributed by atoms with Crippen LogP contribution in [0.25, 0.3) is 0 Å². The van der Waals surface area contributed by atoms with Gasteiger partial charge in [0.2, 0.25) is 0 Å². The summed E-state index contributed by atoms with van der Waals surface area (Å²) in [5.41, 5.74) is 8.27. The number of hydrogen-bond acceptors (Lipinski definition) is 3. The van der Waals surface area contributed by atoms with Crippen molar-refractivity contribution in [1.29, 1.82) is 0 Å². The summed E-state index contributed by atoms with van der Waals surface area (Å²) in [5.74, 6) is 0. The minimum atomic E-state index is 0.671. The van der Waals surface area contributed by atoms with Crippen LogP contribution in [0.2, 0.25) is 0 Å². The van der Waals surface area contributed by atoms with Gasteiger partial charge in [-0.3, -0.25) is 9.58 Å². The number of halogens is 1. The average molecular weight is 337 g/mol. The van der Waals surface area contributed by atoms with Crippen molar-refractivity contribution in [3.8, 4) is 0 Å². The van der Waals surface area contributed by atoms with Crippen LogP contribution < -0.4 is 5.73 Å². The average Bonchev–Trinajstić information content (AvgIpc) is 2.78. The van der Waals surface area contributed by atoms with E-state index in [1.165, 1.54) is 11.3 Å². The summed E-state index contributed by atoms with van der Waals surface area (Å²) in [5, 5.41) is 4.26. The smallest absolute Gasteiger partial charge is 0.0663 e. The molecule has 0 saturated carbocycles. The maximum absolute atomic E-state index is 5.73. The van der Waals surface area contributed by atoms with Gasteiger partial charge < -0.3 is 5.73 Å². The highest BCUT2D eigenvalue weighted by Gasteiger charge is 2.11. The first-order valence-corrected chi connectivity index (χ1v) is 7.62. The predicted molar refractivity (Wildman–Crippen MR) is 85.4 cm³/mol. The van der Waals surface area contributed by atoms with E-state index in [0.29, 0.717) is 6.54 Å². The lowest BCUT2D eigenvalue weighted by Gasteiger charge is -2.22. The minimum absolute atomic E-state index is 0.671. The lowest BCUT2D eigenvalue weighted by Crippen LogP contribution is -2.31. The quantitative estimate of drug-likeness (QED) is 0.843. The minimum Gasteiger partial charge on any atom is -0.329 e. The standard InChI is InChI=1S/C15H21BrN4/c1-19-15(14(16)11-18-19)12-20(10-8-17)9-7-13-5-3-2-4-6-13/h2-6,11H,7-10,12,17H2,1H3. The van der Waals surface area contributed by atoms with Gasteiger partial charge >= 0.3 is 0 Å². The predicted octanol–water partition coefficient (Wildman–Crippen LogP) is 2.19. The third kappa shape index (κ3) is 4.16. The Morgan fingerprint density at radius 2 is 2.00 bits per heavy atom. The molecule has 5 heteroatoms. The maximum Gasteiger partial charge on any atom is 0.0663 e. The van der Waals surface area contributed by atoms with E-state index in [2.05, 4.69) is 50.2 Å². The SMILES string of the molecule is Cn1ncc(Br)c1CN(CCN)CCc1ccccc1. The molecule has 0 bridgehead atoms. The molecule has 0 fully saturated rings. The van der Waals surface area contributed by atoms with Gasteiger partial charge in [0, 0.05) is 33.2 Å². The Kier molecular flexibility index (Phi) is 5.76. The zero-order chi connectivity index (χ0) is 14.4. The topological polar surface area (TPSA) is 47.1 Å². The van der Waals surface area contributed by atoms with Gasteiger partial charge in [0.15, 0.2) is 0 Å². The van der Waals surface area contributed by atoms with Crippen molar-refractivity contribution in [2.75, 3.05) is 19.6 Å². The molecule has 0 aliphatic carbocycles. The first-order chi connectivity index (χ1) is 9.70. The number of nitrogens with two attached hydrogens (primary N) is 1. The normalized spacial score (nSPS) is 11.2. The summed E-state index contributed by atoms with van der Waals surface area (Å²) < 4.78 is 2.97. The van der Waals surface area contributed by atoms with Crippen LogP contribution in [-0.2, 0) is 20.0 Å². The van der Waals surface area contributed by atoms with Crippen LogP contribution in [0.15, 0.2) is 41.0 Å². The molecule has 0 spiro atoms. The summed E-state index contributed by atoms with van der Waals surface area (Å²) in [4.78, 5) is 2.37. The third-order valence-corrected chi connectivity index (χ3v) is 4.05. The number of nitrogens with zero attached hydrogens (tertiary/aromatic N) is 3. The van der Waals surface area contributed by atoms with E-state index in [1.54, 1.807) is 0 Å². The highest BCUT2D eigenvalue weighted by atomic mass is 79.9. The summed E-state index contributed by atoms with van der Waals surface area (Å²) in [7, 11) is 1.97. The second-order valence-corrected chi connectivity index (χ2v) is 5.72. The summed E-state index contributed by atoms with van der Waals surface area (Å²) in [6, 6.07) is 10.6. The Labute approximate surface area is 128 Å². The lowest BCUT2D eigenvalue weighted by molar-refractivity contribution is 0.268. The first-order valence-electron chi connectivity index (χ1n) is 6.83. The van der Waals surface area contributed by atoms with Crippen LogP contribution in [0.5, 0.6) is 0 Å². The zero-order valence-corrected chi connectivity index (χ0v) is 13.4. The molecule has 0 aliphatic rings. The Morgan fingerprint density at radius 1 is 1.25 bits per heavy atom. The van der Waals surface area contributed by atoms with Crippen LogP contribution >= 0.6 is 15.9 Å². The zero-order valence-electron chi connectivity index (χ0n) is 11.8. The van der Waals surface area contributed by atoms with Crippen molar-refractivity contribution in [1.82, 2.24) is 14.7 Å². The highest BCUT2D eigenvalue weighted by Crippen LogP contribution is 2.17. The molecule has 0 saturated heterocycles. The molecule has 0 unspecified atom stereocenters. The molecule has 20 heavy (non-hydrogen) atoms. The van der Waals surface area contributed by atoms with Crippen molar-refractivity contribution >= 4 is 15.9 Å². The Bertz CT molecular complexity index is 504. The fourth-order valence-corrected chi connectivity index (χ4v) is 2.68. The van der Waals surface area contributed by atoms with E-state index in [4.69, 9.17) is 5.73 Å². The molecular weight excluding hydrogens is 316 g/mol. The van der Waals surface area contributed by atoms with Crippen LogP contribution in [-0.4, -0.2) is 34.3 Å². The summed E-state index contributed by atoms with van der Waals surface area (Å²) in [6.45, 7) is 3.43.